The molecule has 1 aliphatic rings. The van der Waals surface area contributed by atoms with Crippen LogP contribution in [0.1, 0.15) is 42.1 Å². The van der Waals surface area contributed by atoms with Crippen molar-refractivity contribution < 1.29 is 9.53 Å². The Morgan fingerprint density at radius 1 is 1.14 bits per heavy atom. The van der Waals surface area contributed by atoms with Crippen molar-refractivity contribution in [3.05, 3.63) is 58.6 Å². The SMILES string of the molecule is CCOC(=O)c1ccc(NC(=S)NCc2ccc(N3CCCCC3)cc2)cc1Cl. The lowest BCUT2D eigenvalue weighted by Gasteiger charge is -2.28. The summed E-state index contributed by atoms with van der Waals surface area (Å²) in [5.41, 5.74) is 3.49. The molecule has 0 radical (unpaired) electrons. The van der Waals surface area contributed by atoms with E-state index < -0.39 is 5.97 Å². The fraction of sp³-hybridized carbons (Fsp3) is 0.364. The summed E-state index contributed by atoms with van der Waals surface area (Å²) in [6.45, 7) is 4.97. The Morgan fingerprint density at radius 2 is 1.86 bits per heavy atom. The average molecular weight is 432 g/mol. The van der Waals surface area contributed by atoms with Crippen molar-refractivity contribution in [1.29, 1.82) is 0 Å². The molecule has 29 heavy (non-hydrogen) atoms. The number of ether oxygens (including phenoxy) is 1. The van der Waals surface area contributed by atoms with Crippen LogP contribution < -0.4 is 15.5 Å². The topological polar surface area (TPSA) is 53.6 Å². The third-order valence-corrected chi connectivity index (χ3v) is 5.39. The smallest absolute Gasteiger partial charge is 0.339 e. The van der Waals surface area contributed by atoms with Crippen LogP contribution >= 0.6 is 23.8 Å². The monoisotopic (exact) mass is 431 g/mol. The lowest BCUT2D eigenvalue weighted by atomic mass is 10.1. The quantitative estimate of drug-likeness (QED) is 0.496. The van der Waals surface area contributed by atoms with Crippen molar-refractivity contribution in [2.24, 2.45) is 0 Å². The average Bonchev–Trinajstić information content (AvgIpc) is 2.73. The number of nitrogens with zero attached hydrogens (tertiary/aromatic N) is 1. The fourth-order valence-electron chi connectivity index (χ4n) is 3.30. The summed E-state index contributed by atoms with van der Waals surface area (Å²) in [5, 5.41) is 7.10. The predicted molar refractivity (Wildman–Crippen MR) is 123 cm³/mol. The Balaban J connectivity index is 1.50. The minimum absolute atomic E-state index is 0.308. The van der Waals surface area contributed by atoms with E-state index in [-0.39, 0.29) is 0 Å². The number of piperidine rings is 1. The number of nitrogens with one attached hydrogen (secondary N) is 2. The van der Waals surface area contributed by atoms with Crippen LogP contribution in [0, 0.1) is 0 Å². The minimum atomic E-state index is -0.433. The van der Waals surface area contributed by atoms with E-state index in [1.165, 1.54) is 24.9 Å². The van der Waals surface area contributed by atoms with Crippen molar-refractivity contribution in [1.82, 2.24) is 5.32 Å². The third kappa shape index (κ3) is 6.08. The molecule has 7 heteroatoms. The van der Waals surface area contributed by atoms with Gasteiger partial charge in [0.05, 0.1) is 17.2 Å². The molecule has 2 N–H and O–H groups in total. The van der Waals surface area contributed by atoms with E-state index in [4.69, 9.17) is 28.6 Å². The summed E-state index contributed by atoms with van der Waals surface area (Å²) in [6.07, 6.45) is 3.88. The Morgan fingerprint density at radius 3 is 2.52 bits per heavy atom. The fourth-order valence-corrected chi connectivity index (χ4v) is 3.75. The molecule has 1 aliphatic heterocycles. The molecule has 0 atom stereocenters. The number of hydrogen-bond acceptors (Lipinski definition) is 4. The first-order valence-corrected chi connectivity index (χ1v) is 10.7. The molecular weight excluding hydrogens is 406 g/mol. The van der Waals surface area contributed by atoms with Crippen LogP contribution in [-0.2, 0) is 11.3 Å². The summed E-state index contributed by atoms with van der Waals surface area (Å²) in [4.78, 5) is 14.3. The lowest BCUT2D eigenvalue weighted by molar-refractivity contribution is 0.0526. The summed E-state index contributed by atoms with van der Waals surface area (Å²) < 4.78 is 4.98. The number of hydrogen-bond donors (Lipinski definition) is 2. The highest BCUT2D eigenvalue weighted by Gasteiger charge is 2.12. The Hall–Kier alpha value is -2.31. The molecule has 0 saturated carbocycles. The molecule has 0 amide bonds. The molecular formula is C22H26ClN3O2S. The van der Waals surface area contributed by atoms with Gasteiger partial charge in [0.1, 0.15) is 0 Å². The number of carbonyl (C=O) groups excluding carboxylic acids is 1. The zero-order valence-electron chi connectivity index (χ0n) is 16.5. The van der Waals surface area contributed by atoms with E-state index in [1.54, 1.807) is 25.1 Å². The van der Waals surface area contributed by atoms with Gasteiger partial charge in [-0.2, -0.15) is 0 Å². The highest BCUT2D eigenvalue weighted by atomic mass is 35.5. The van der Waals surface area contributed by atoms with Crippen molar-refractivity contribution in [2.45, 2.75) is 32.7 Å². The molecule has 3 rings (SSSR count). The molecule has 0 aliphatic carbocycles. The zero-order chi connectivity index (χ0) is 20.6. The molecule has 5 nitrogen and oxygen atoms in total. The number of thiocarbonyl (C=S) groups is 1. The number of esters is 1. The van der Waals surface area contributed by atoms with Crippen LogP contribution in [0.25, 0.3) is 0 Å². The van der Waals surface area contributed by atoms with Gasteiger partial charge in [-0.05, 0) is 74.3 Å². The molecule has 1 saturated heterocycles. The van der Waals surface area contributed by atoms with Crippen LogP contribution in [0.3, 0.4) is 0 Å². The van der Waals surface area contributed by atoms with E-state index in [0.717, 1.165) is 18.7 Å². The van der Waals surface area contributed by atoms with Gasteiger partial charge in [-0.3, -0.25) is 0 Å². The largest absolute Gasteiger partial charge is 0.462 e. The second-order valence-corrected chi connectivity index (χ2v) is 7.75. The molecule has 1 fully saturated rings. The first-order chi connectivity index (χ1) is 14.1. The van der Waals surface area contributed by atoms with Gasteiger partial charge in [0.15, 0.2) is 5.11 Å². The summed E-state index contributed by atoms with van der Waals surface area (Å²) in [5.74, 6) is -0.433. The number of benzene rings is 2. The van der Waals surface area contributed by atoms with Gasteiger partial charge in [-0.1, -0.05) is 23.7 Å². The Labute approximate surface area is 182 Å². The normalized spacial score (nSPS) is 13.7. The summed E-state index contributed by atoms with van der Waals surface area (Å²) in [7, 11) is 0. The van der Waals surface area contributed by atoms with E-state index >= 15 is 0 Å². The molecule has 1 heterocycles. The van der Waals surface area contributed by atoms with Crippen molar-refractivity contribution >= 4 is 46.3 Å². The van der Waals surface area contributed by atoms with Gasteiger partial charge in [0, 0.05) is 31.0 Å². The van der Waals surface area contributed by atoms with Crippen LogP contribution in [-0.4, -0.2) is 30.8 Å². The van der Waals surface area contributed by atoms with E-state index in [2.05, 4.69) is 39.8 Å². The zero-order valence-corrected chi connectivity index (χ0v) is 18.1. The maximum Gasteiger partial charge on any atom is 0.339 e. The van der Waals surface area contributed by atoms with Crippen LogP contribution in [0.4, 0.5) is 11.4 Å². The molecule has 154 valence electrons. The second kappa shape index (κ2) is 10.5. The molecule has 2 aromatic rings. The van der Waals surface area contributed by atoms with Crippen molar-refractivity contribution in [2.75, 3.05) is 29.9 Å². The van der Waals surface area contributed by atoms with Gasteiger partial charge in [-0.25, -0.2) is 4.79 Å². The Kier molecular flexibility index (Phi) is 7.72. The van der Waals surface area contributed by atoms with E-state index in [1.807, 2.05) is 0 Å². The van der Waals surface area contributed by atoms with Crippen molar-refractivity contribution in [3.8, 4) is 0 Å². The van der Waals surface area contributed by atoms with Crippen LogP contribution in [0.2, 0.25) is 5.02 Å². The Bertz CT molecular complexity index is 852. The van der Waals surface area contributed by atoms with E-state index in [0.29, 0.717) is 34.5 Å². The summed E-state index contributed by atoms with van der Waals surface area (Å²) in [6, 6.07) is 13.6. The number of rotatable bonds is 6. The van der Waals surface area contributed by atoms with Gasteiger partial charge < -0.3 is 20.3 Å². The third-order valence-electron chi connectivity index (χ3n) is 4.83. The summed E-state index contributed by atoms with van der Waals surface area (Å²) >= 11 is 11.6. The molecule has 0 aromatic heterocycles. The van der Waals surface area contributed by atoms with Gasteiger partial charge in [0.2, 0.25) is 0 Å². The van der Waals surface area contributed by atoms with Crippen molar-refractivity contribution in [3.63, 3.8) is 0 Å². The molecule has 0 spiro atoms. The molecule has 0 bridgehead atoms. The van der Waals surface area contributed by atoms with Gasteiger partial charge in [0.25, 0.3) is 0 Å². The molecule has 0 unspecified atom stereocenters. The maximum atomic E-state index is 11.8. The standard InChI is InChI=1S/C22H26ClN3O2S/c1-2-28-21(27)19-11-8-17(14-20(19)23)25-22(29)24-15-16-6-9-18(10-7-16)26-12-4-3-5-13-26/h6-11,14H,2-5,12-13,15H2,1H3,(H2,24,25,29). The van der Waals surface area contributed by atoms with Gasteiger partial charge >= 0.3 is 5.97 Å². The first-order valence-electron chi connectivity index (χ1n) is 9.92. The maximum absolute atomic E-state index is 11.8. The molecule has 2 aromatic carbocycles. The highest BCUT2D eigenvalue weighted by molar-refractivity contribution is 7.80. The van der Waals surface area contributed by atoms with Crippen LogP contribution in [0.15, 0.2) is 42.5 Å². The number of halogens is 1. The number of anilines is 2. The van der Waals surface area contributed by atoms with Gasteiger partial charge in [-0.15, -0.1) is 0 Å². The highest BCUT2D eigenvalue weighted by Crippen LogP contribution is 2.22. The second-order valence-electron chi connectivity index (χ2n) is 6.94. The number of carbonyl (C=O) groups is 1. The van der Waals surface area contributed by atoms with E-state index in [9.17, 15) is 4.79 Å². The lowest BCUT2D eigenvalue weighted by Crippen LogP contribution is -2.29. The van der Waals surface area contributed by atoms with Crippen LogP contribution in [0.5, 0.6) is 0 Å². The predicted octanol–water partition coefficient (Wildman–Crippen LogP) is 4.99. The first kappa shape index (κ1) is 21.4. The minimum Gasteiger partial charge on any atom is -0.462 e.